The summed E-state index contributed by atoms with van der Waals surface area (Å²) >= 11 is 0. The van der Waals surface area contributed by atoms with Crippen LogP contribution >= 0.6 is 0 Å². The summed E-state index contributed by atoms with van der Waals surface area (Å²) in [4.78, 5) is 11.7. The monoisotopic (exact) mass is 262 g/mol. The van der Waals surface area contributed by atoms with Crippen molar-refractivity contribution in [2.45, 2.75) is 32.7 Å². The molecule has 0 saturated heterocycles. The average Bonchev–Trinajstić information content (AvgIpc) is 2.71. The summed E-state index contributed by atoms with van der Waals surface area (Å²) in [5.74, 6) is 1.37. The summed E-state index contributed by atoms with van der Waals surface area (Å²) in [6.07, 6.45) is 2.35. The average molecular weight is 262 g/mol. The molecular formula is C15H22N2O2. The second kappa shape index (κ2) is 6.06. The standard InChI is InChI=1S/C15H22N2O2/c1-4-5-10(2)9-19-11-6-7-12-13(8-11)17-15(18)14(12)16-3/h6-8,10,14,16H,4-5,9H2,1-3H3,(H,17,18). The molecular weight excluding hydrogens is 240 g/mol. The number of rotatable bonds is 6. The van der Waals surface area contributed by atoms with Gasteiger partial charge in [-0.25, -0.2) is 0 Å². The Morgan fingerprint density at radius 2 is 2.26 bits per heavy atom. The number of ether oxygens (including phenoxy) is 1. The predicted molar refractivity (Wildman–Crippen MR) is 76.4 cm³/mol. The Morgan fingerprint density at radius 1 is 1.47 bits per heavy atom. The predicted octanol–water partition coefficient (Wildman–Crippen LogP) is 2.71. The minimum absolute atomic E-state index is 0.00555. The number of hydrogen-bond acceptors (Lipinski definition) is 3. The number of anilines is 1. The third-order valence-electron chi connectivity index (χ3n) is 3.46. The SMILES string of the molecule is CCCC(C)COc1ccc2c(c1)NC(=O)C2NC. The van der Waals surface area contributed by atoms with Gasteiger partial charge in [0.25, 0.3) is 0 Å². The smallest absolute Gasteiger partial charge is 0.246 e. The molecule has 4 nitrogen and oxygen atoms in total. The van der Waals surface area contributed by atoms with E-state index in [-0.39, 0.29) is 11.9 Å². The maximum Gasteiger partial charge on any atom is 0.246 e. The van der Waals surface area contributed by atoms with Gasteiger partial charge in [0.2, 0.25) is 5.91 Å². The van der Waals surface area contributed by atoms with E-state index >= 15 is 0 Å². The number of carbonyl (C=O) groups excluding carboxylic acids is 1. The van der Waals surface area contributed by atoms with Gasteiger partial charge in [-0.05, 0) is 25.5 Å². The molecule has 1 aliphatic heterocycles. The summed E-state index contributed by atoms with van der Waals surface area (Å²) in [7, 11) is 1.79. The number of likely N-dealkylation sites (N-methyl/N-ethyl adjacent to an activating group) is 1. The van der Waals surface area contributed by atoms with Crippen molar-refractivity contribution in [1.29, 1.82) is 0 Å². The van der Waals surface area contributed by atoms with Crippen LogP contribution in [0.15, 0.2) is 18.2 Å². The molecule has 0 fully saturated rings. The fourth-order valence-electron chi connectivity index (χ4n) is 2.43. The summed E-state index contributed by atoms with van der Waals surface area (Å²) in [5, 5.41) is 5.87. The first-order valence-electron chi connectivity index (χ1n) is 6.90. The Kier molecular flexibility index (Phi) is 4.43. The number of carbonyl (C=O) groups is 1. The van der Waals surface area contributed by atoms with Crippen molar-refractivity contribution in [2.24, 2.45) is 5.92 Å². The molecule has 2 atom stereocenters. The molecule has 2 unspecified atom stereocenters. The van der Waals surface area contributed by atoms with Crippen molar-refractivity contribution in [3.8, 4) is 5.75 Å². The van der Waals surface area contributed by atoms with Crippen LogP contribution in [0, 0.1) is 5.92 Å². The Hall–Kier alpha value is -1.55. The number of fused-ring (bicyclic) bond motifs is 1. The van der Waals surface area contributed by atoms with Gasteiger partial charge >= 0.3 is 0 Å². The van der Waals surface area contributed by atoms with Gasteiger partial charge in [-0.1, -0.05) is 26.3 Å². The van der Waals surface area contributed by atoms with Gasteiger partial charge in [-0.2, -0.15) is 0 Å². The fraction of sp³-hybridized carbons (Fsp3) is 0.533. The molecule has 19 heavy (non-hydrogen) atoms. The highest BCUT2D eigenvalue weighted by Gasteiger charge is 2.29. The third kappa shape index (κ3) is 3.07. The lowest BCUT2D eigenvalue weighted by atomic mass is 10.1. The summed E-state index contributed by atoms with van der Waals surface area (Å²) in [6.45, 7) is 5.09. The van der Waals surface area contributed by atoms with E-state index in [4.69, 9.17) is 4.74 Å². The summed E-state index contributed by atoms with van der Waals surface area (Å²) in [6, 6.07) is 5.54. The fourth-order valence-corrected chi connectivity index (χ4v) is 2.43. The van der Waals surface area contributed by atoms with E-state index in [0.717, 1.165) is 23.6 Å². The number of hydrogen-bond donors (Lipinski definition) is 2. The minimum Gasteiger partial charge on any atom is -0.493 e. The van der Waals surface area contributed by atoms with Crippen LogP contribution in [0.5, 0.6) is 5.75 Å². The zero-order valence-corrected chi connectivity index (χ0v) is 11.8. The van der Waals surface area contributed by atoms with Crippen molar-refractivity contribution in [2.75, 3.05) is 19.0 Å². The van der Waals surface area contributed by atoms with Gasteiger partial charge in [0.15, 0.2) is 0 Å². The molecule has 1 aliphatic rings. The van der Waals surface area contributed by atoms with E-state index < -0.39 is 0 Å². The molecule has 0 bridgehead atoms. The topological polar surface area (TPSA) is 50.4 Å². The van der Waals surface area contributed by atoms with E-state index in [9.17, 15) is 4.79 Å². The zero-order valence-electron chi connectivity index (χ0n) is 11.8. The molecule has 2 N–H and O–H groups in total. The van der Waals surface area contributed by atoms with Crippen molar-refractivity contribution in [1.82, 2.24) is 5.32 Å². The molecule has 4 heteroatoms. The number of amides is 1. The van der Waals surface area contributed by atoms with Crippen molar-refractivity contribution in [3.05, 3.63) is 23.8 Å². The van der Waals surface area contributed by atoms with Gasteiger partial charge in [0.05, 0.1) is 6.61 Å². The highest BCUT2D eigenvalue weighted by molar-refractivity contribution is 6.02. The lowest BCUT2D eigenvalue weighted by Crippen LogP contribution is -2.23. The molecule has 1 aromatic carbocycles. The molecule has 0 aromatic heterocycles. The Bertz CT molecular complexity index is 459. The van der Waals surface area contributed by atoms with Crippen molar-refractivity contribution >= 4 is 11.6 Å². The molecule has 104 valence electrons. The maximum atomic E-state index is 11.7. The van der Waals surface area contributed by atoms with Crippen LogP contribution in [-0.4, -0.2) is 19.6 Å². The third-order valence-corrected chi connectivity index (χ3v) is 3.46. The summed E-state index contributed by atoms with van der Waals surface area (Å²) < 4.78 is 5.78. The molecule has 1 heterocycles. The molecule has 0 aliphatic carbocycles. The molecule has 0 saturated carbocycles. The van der Waals surface area contributed by atoms with Gasteiger partial charge < -0.3 is 15.4 Å². The van der Waals surface area contributed by atoms with Gasteiger partial charge in [-0.3, -0.25) is 4.79 Å². The van der Waals surface area contributed by atoms with Crippen molar-refractivity contribution < 1.29 is 9.53 Å². The Labute approximate surface area is 114 Å². The molecule has 1 amide bonds. The van der Waals surface area contributed by atoms with E-state index in [0.29, 0.717) is 5.92 Å². The zero-order chi connectivity index (χ0) is 13.8. The van der Waals surface area contributed by atoms with Crippen LogP contribution in [-0.2, 0) is 4.79 Å². The first-order valence-corrected chi connectivity index (χ1v) is 6.90. The normalized spacial score (nSPS) is 18.9. The van der Waals surface area contributed by atoms with Gasteiger partial charge in [-0.15, -0.1) is 0 Å². The second-order valence-electron chi connectivity index (χ2n) is 5.16. The van der Waals surface area contributed by atoms with E-state index in [1.54, 1.807) is 7.05 Å². The molecule has 0 radical (unpaired) electrons. The maximum absolute atomic E-state index is 11.7. The highest BCUT2D eigenvalue weighted by Crippen LogP contribution is 2.33. The van der Waals surface area contributed by atoms with Gasteiger partial charge in [0.1, 0.15) is 11.8 Å². The lowest BCUT2D eigenvalue weighted by molar-refractivity contribution is -0.117. The summed E-state index contributed by atoms with van der Waals surface area (Å²) in [5.41, 5.74) is 1.84. The Morgan fingerprint density at radius 3 is 2.95 bits per heavy atom. The highest BCUT2D eigenvalue weighted by atomic mass is 16.5. The largest absolute Gasteiger partial charge is 0.493 e. The molecule has 1 aromatic rings. The van der Waals surface area contributed by atoms with Crippen LogP contribution in [0.2, 0.25) is 0 Å². The second-order valence-corrected chi connectivity index (χ2v) is 5.16. The minimum atomic E-state index is -0.247. The number of benzene rings is 1. The van der Waals surface area contributed by atoms with Crippen LogP contribution in [0.3, 0.4) is 0 Å². The van der Waals surface area contributed by atoms with E-state index in [1.807, 2.05) is 18.2 Å². The van der Waals surface area contributed by atoms with E-state index in [2.05, 4.69) is 24.5 Å². The van der Waals surface area contributed by atoms with Crippen LogP contribution < -0.4 is 15.4 Å². The van der Waals surface area contributed by atoms with Crippen LogP contribution in [0.1, 0.15) is 38.3 Å². The quantitative estimate of drug-likeness (QED) is 0.828. The molecule has 2 rings (SSSR count). The molecule has 0 spiro atoms. The van der Waals surface area contributed by atoms with Gasteiger partial charge in [0, 0.05) is 17.3 Å². The van der Waals surface area contributed by atoms with Crippen molar-refractivity contribution in [3.63, 3.8) is 0 Å². The first-order chi connectivity index (χ1) is 9.15. The van der Waals surface area contributed by atoms with Crippen LogP contribution in [0.25, 0.3) is 0 Å². The first kappa shape index (κ1) is 13.9. The lowest BCUT2D eigenvalue weighted by Gasteiger charge is -2.13. The number of nitrogens with one attached hydrogen (secondary N) is 2. The van der Waals surface area contributed by atoms with Crippen LogP contribution in [0.4, 0.5) is 5.69 Å². The van der Waals surface area contributed by atoms with E-state index in [1.165, 1.54) is 12.8 Å². The Balaban J connectivity index is 2.03.